The summed E-state index contributed by atoms with van der Waals surface area (Å²) in [6, 6.07) is 0. The van der Waals surface area contributed by atoms with E-state index in [-0.39, 0.29) is 11.4 Å². The Balaban J connectivity index is 2.10. The third-order valence-corrected chi connectivity index (χ3v) is 2.50. The van der Waals surface area contributed by atoms with Crippen molar-refractivity contribution in [2.24, 2.45) is 7.05 Å². The normalized spacial score (nSPS) is 11.6. The van der Waals surface area contributed by atoms with Crippen molar-refractivity contribution in [3.8, 4) is 0 Å². The molecule has 0 bridgehead atoms. The molecule has 0 aliphatic rings. The molecule has 1 aromatic heterocycles. The van der Waals surface area contributed by atoms with Gasteiger partial charge in [-0.3, -0.25) is 9.48 Å². The minimum atomic E-state index is 0.0655. The molecule has 5 heteroatoms. The lowest BCUT2D eigenvalue weighted by Gasteiger charge is -2.20. The molecule has 1 aromatic rings. The summed E-state index contributed by atoms with van der Waals surface area (Å²) in [5.74, 6) is 0.0932. The van der Waals surface area contributed by atoms with Crippen LogP contribution in [-0.4, -0.2) is 34.3 Å². The molecule has 0 saturated carbocycles. The number of nitrogens with one attached hydrogen (secondary N) is 2. The first kappa shape index (κ1) is 14.7. The van der Waals surface area contributed by atoms with Crippen LogP contribution in [0.1, 0.15) is 32.8 Å². The molecule has 0 fully saturated rings. The smallest absolute Gasteiger partial charge is 0.221 e. The molecule has 0 radical (unpaired) electrons. The van der Waals surface area contributed by atoms with Crippen LogP contribution in [-0.2, 0) is 18.3 Å². The molecule has 0 atom stereocenters. The molecule has 0 aliphatic heterocycles. The summed E-state index contributed by atoms with van der Waals surface area (Å²) in [5, 5.41) is 10.3. The molecule has 0 saturated heterocycles. The standard InChI is InChI=1S/C13H24N4O/c1-13(2,3)15-8-6-12(18)14-7-5-11-9-16-17(4)10-11/h9-10,15H,5-8H2,1-4H3,(H,14,18). The Morgan fingerprint density at radius 3 is 2.67 bits per heavy atom. The zero-order chi connectivity index (χ0) is 13.6. The van der Waals surface area contributed by atoms with E-state index in [9.17, 15) is 4.79 Å². The SMILES string of the molecule is Cn1cc(CCNC(=O)CCNC(C)(C)C)cn1. The summed E-state index contributed by atoms with van der Waals surface area (Å²) >= 11 is 0. The van der Waals surface area contributed by atoms with Crippen molar-refractivity contribution in [2.45, 2.75) is 39.2 Å². The lowest BCUT2D eigenvalue weighted by atomic mass is 10.1. The van der Waals surface area contributed by atoms with Crippen LogP contribution < -0.4 is 10.6 Å². The highest BCUT2D eigenvalue weighted by Crippen LogP contribution is 1.98. The van der Waals surface area contributed by atoms with E-state index in [1.165, 1.54) is 0 Å². The molecule has 0 unspecified atom stereocenters. The topological polar surface area (TPSA) is 59.0 Å². The van der Waals surface area contributed by atoms with Gasteiger partial charge in [0, 0.05) is 38.3 Å². The maximum absolute atomic E-state index is 11.6. The van der Waals surface area contributed by atoms with Crippen LogP contribution in [0, 0.1) is 0 Å². The highest BCUT2D eigenvalue weighted by atomic mass is 16.1. The van der Waals surface area contributed by atoms with E-state index in [0.717, 1.165) is 12.0 Å². The van der Waals surface area contributed by atoms with Crippen molar-refractivity contribution in [2.75, 3.05) is 13.1 Å². The predicted octanol–water partition coefficient (Wildman–Crippen LogP) is 0.857. The second-order valence-corrected chi connectivity index (χ2v) is 5.55. The lowest BCUT2D eigenvalue weighted by molar-refractivity contribution is -0.121. The predicted molar refractivity (Wildman–Crippen MR) is 72.3 cm³/mol. The number of amides is 1. The van der Waals surface area contributed by atoms with Crippen LogP contribution in [0.5, 0.6) is 0 Å². The summed E-state index contributed by atoms with van der Waals surface area (Å²) in [4.78, 5) is 11.6. The molecule has 0 spiro atoms. The van der Waals surface area contributed by atoms with E-state index in [1.807, 2.05) is 19.4 Å². The van der Waals surface area contributed by atoms with Gasteiger partial charge >= 0.3 is 0 Å². The quantitative estimate of drug-likeness (QED) is 0.789. The van der Waals surface area contributed by atoms with Gasteiger partial charge in [-0.25, -0.2) is 0 Å². The van der Waals surface area contributed by atoms with Gasteiger partial charge in [0.25, 0.3) is 0 Å². The fourth-order valence-electron chi connectivity index (χ4n) is 1.59. The Morgan fingerprint density at radius 1 is 1.39 bits per heavy atom. The fourth-order valence-corrected chi connectivity index (χ4v) is 1.59. The van der Waals surface area contributed by atoms with Crippen molar-refractivity contribution < 1.29 is 4.79 Å². The maximum Gasteiger partial charge on any atom is 0.221 e. The number of carbonyl (C=O) groups is 1. The van der Waals surface area contributed by atoms with Gasteiger partial charge in [-0.1, -0.05) is 0 Å². The molecule has 0 aliphatic carbocycles. The molecule has 18 heavy (non-hydrogen) atoms. The highest BCUT2D eigenvalue weighted by Gasteiger charge is 2.09. The lowest BCUT2D eigenvalue weighted by Crippen LogP contribution is -2.38. The second-order valence-electron chi connectivity index (χ2n) is 5.55. The van der Waals surface area contributed by atoms with Gasteiger partial charge < -0.3 is 10.6 Å². The summed E-state index contributed by atoms with van der Waals surface area (Å²) in [5.41, 5.74) is 1.21. The van der Waals surface area contributed by atoms with Crippen molar-refractivity contribution >= 4 is 5.91 Å². The highest BCUT2D eigenvalue weighted by molar-refractivity contribution is 5.76. The van der Waals surface area contributed by atoms with Crippen molar-refractivity contribution in [3.05, 3.63) is 18.0 Å². The fraction of sp³-hybridized carbons (Fsp3) is 0.692. The average molecular weight is 252 g/mol. The molecule has 0 aromatic carbocycles. The van der Waals surface area contributed by atoms with Crippen LogP contribution in [0.2, 0.25) is 0 Å². The van der Waals surface area contributed by atoms with E-state index in [4.69, 9.17) is 0 Å². The Morgan fingerprint density at radius 2 is 2.11 bits per heavy atom. The first-order chi connectivity index (χ1) is 8.37. The van der Waals surface area contributed by atoms with Crippen molar-refractivity contribution in [1.82, 2.24) is 20.4 Å². The Labute approximate surface area is 109 Å². The van der Waals surface area contributed by atoms with E-state index in [1.54, 1.807) is 4.68 Å². The summed E-state index contributed by atoms with van der Waals surface area (Å²) in [6.07, 6.45) is 5.14. The zero-order valence-corrected chi connectivity index (χ0v) is 11.8. The zero-order valence-electron chi connectivity index (χ0n) is 11.8. The summed E-state index contributed by atoms with van der Waals surface area (Å²) in [6.45, 7) is 7.65. The molecule has 1 rings (SSSR count). The number of aromatic nitrogens is 2. The minimum Gasteiger partial charge on any atom is -0.356 e. The van der Waals surface area contributed by atoms with Crippen molar-refractivity contribution in [1.29, 1.82) is 0 Å². The van der Waals surface area contributed by atoms with Crippen LogP contribution in [0.15, 0.2) is 12.4 Å². The first-order valence-corrected chi connectivity index (χ1v) is 6.36. The van der Waals surface area contributed by atoms with Crippen LogP contribution >= 0.6 is 0 Å². The van der Waals surface area contributed by atoms with Crippen LogP contribution in [0.4, 0.5) is 0 Å². The van der Waals surface area contributed by atoms with Gasteiger partial charge in [-0.05, 0) is 32.8 Å². The van der Waals surface area contributed by atoms with Crippen LogP contribution in [0.25, 0.3) is 0 Å². The van der Waals surface area contributed by atoms with E-state index < -0.39 is 0 Å². The van der Waals surface area contributed by atoms with Gasteiger partial charge in [-0.15, -0.1) is 0 Å². The second kappa shape index (κ2) is 6.54. The largest absolute Gasteiger partial charge is 0.356 e. The number of hydrogen-bond acceptors (Lipinski definition) is 3. The molecular formula is C13H24N4O. The van der Waals surface area contributed by atoms with E-state index >= 15 is 0 Å². The summed E-state index contributed by atoms with van der Waals surface area (Å²) < 4.78 is 1.77. The molecule has 1 amide bonds. The van der Waals surface area contributed by atoms with Gasteiger partial charge in [0.15, 0.2) is 0 Å². The molecule has 1 heterocycles. The first-order valence-electron chi connectivity index (χ1n) is 6.36. The number of rotatable bonds is 6. The Bertz CT molecular complexity index is 379. The molecule has 5 nitrogen and oxygen atoms in total. The maximum atomic E-state index is 11.6. The van der Waals surface area contributed by atoms with Gasteiger partial charge in [0.2, 0.25) is 5.91 Å². The molecule has 102 valence electrons. The van der Waals surface area contributed by atoms with E-state index in [2.05, 4.69) is 36.5 Å². The third kappa shape index (κ3) is 6.39. The van der Waals surface area contributed by atoms with Crippen molar-refractivity contribution in [3.63, 3.8) is 0 Å². The third-order valence-electron chi connectivity index (χ3n) is 2.50. The number of aryl methyl sites for hydroxylation is 1. The Hall–Kier alpha value is -1.36. The van der Waals surface area contributed by atoms with Gasteiger partial charge in [-0.2, -0.15) is 5.10 Å². The number of carbonyl (C=O) groups excluding carboxylic acids is 1. The summed E-state index contributed by atoms with van der Waals surface area (Å²) in [7, 11) is 1.89. The number of nitrogens with zero attached hydrogens (tertiary/aromatic N) is 2. The van der Waals surface area contributed by atoms with Crippen LogP contribution in [0.3, 0.4) is 0 Å². The van der Waals surface area contributed by atoms with Gasteiger partial charge in [0.1, 0.15) is 0 Å². The monoisotopic (exact) mass is 252 g/mol. The minimum absolute atomic E-state index is 0.0655. The Kier molecular flexibility index (Phi) is 5.34. The molecule has 2 N–H and O–H groups in total. The molecular weight excluding hydrogens is 228 g/mol. The average Bonchev–Trinajstić information content (AvgIpc) is 2.62. The van der Waals surface area contributed by atoms with E-state index in [0.29, 0.717) is 19.5 Å². The number of hydrogen-bond donors (Lipinski definition) is 2. The van der Waals surface area contributed by atoms with Gasteiger partial charge in [0.05, 0.1) is 6.20 Å².